The molecule has 0 aromatic rings. The number of aliphatic hydroxyl groups is 7. The SMILES string of the molecule is C[C@H]1C(=O)[C@@]23[C@H](O)C[C@@H]4[C@@](C)(CO[C@@H]5O[C@H](CO)[C@@H](O)[C@H](O)[C@H]5O)CCC[C@@]4(C)[C@@H]2C[C@H](O)[C@@H]1[C@H]3O. The normalized spacial score (nSPS) is 58.9. The molecule has 36 heavy (non-hydrogen) atoms. The van der Waals surface area contributed by atoms with Gasteiger partial charge >= 0.3 is 0 Å². The highest BCUT2D eigenvalue weighted by atomic mass is 16.7. The van der Waals surface area contributed by atoms with Crippen LogP contribution in [0.5, 0.6) is 0 Å². The van der Waals surface area contributed by atoms with E-state index in [2.05, 4.69) is 6.92 Å². The minimum Gasteiger partial charge on any atom is -0.394 e. The Morgan fingerprint density at radius 2 is 1.67 bits per heavy atom. The van der Waals surface area contributed by atoms with E-state index in [0.29, 0.717) is 12.8 Å². The predicted molar refractivity (Wildman–Crippen MR) is 124 cm³/mol. The van der Waals surface area contributed by atoms with Crippen LogP contribution < -0.4 is 0 Å². The third kappa shape index (κ3) is 3.39. The molecule has 1 aliphatic heterocycles. The van der Waals surface area contributed by atoms with Crippen molar-refractivity contribution >= 4 is 5.78 Å². The molecule has 10 heteroatoms. The van der Waals surface area contributed by atoms with Crippen molar-refractivity contribution in [1.29, 1.82) is 0 Å². The zero-order chi connectivity index (χ0) is 26.4. The van der Waals surface area contributed by atoms with E-state index in [1.54, 1.807) is 6.92 Å². The lowest BCUT2D eigenvalue weighted by Gasteiger charge is -2.66. The van der Waals surface area contributed by atoms with E-state index < -0.39 is 83.7 Å². The van der Waals surface area contributed by atoms with Crippen molar-refractivity contribution in [2.45, 2.75) is 102 Å². The topological polar surface area (TPSA) is 177 Å². The van der Waals surface area contributed by atoms with Crippen molar-refractivity contribution in [1.82, 2.24) is 0 Å². The Morgan fingerprint density at radius 1 is 0.972 bits per heavy atom. The summed E-state index contributed by atoms with van der Waals surface area (Å²) in [4.78, 5) is 13.6. The summed E-state index contributed by atoms with van der Waals surface area (Å²) in [5, 5.41) is 74.0. The summed E-state index contributed by atoms with van der Waals surface area (Å²) in [7, 11) is 0. The molecule has 1 saturated heterocycles. The van der Waals surface area contributed by atoms with Crippen LogP contribution in [0.4, 0.5) is 0 Å². The third-order valence-corrected chi connectivity index (χ3v) is 11.1. The van der Waals surface area contributed by atoms with Crippen molar-refractivity contribution in [2.75, 3.05) is 13.2 Å². The van der Waals surface area contributed by atoms with E-state index in [1.165, 1.54) is 0 Å². The molecule has 0 amide bonds. The Kier molecular flexibility index (Phi) is 6.67. The molecule has 2 bridgehead atoms. The molecule has 0 unspecified atom stereocenters. The van der Waals surface area contributed by atoms with E-state index in [9.17, 15) is 40.5 Å². The van der Waals surface area contributed by atoms with Crippen LogP contribution >= 0.6 is 0 Å². The van der Waals surface area contributed by atoms with Crippen LogP contribution in [0.2, 0.25) is 0 Å². The van der Waals surface area contributed by atoms with Crippen molar-refractivity contribution in [3.05, 3.63) is 0 Å². The summed E-state index contributed by atoms with van der Waals surface area (Å²) in [6.07, 6.45) is -6.74. The fourth-order valence-electron chi connectivity index (χ4n) is 9.29. The summed E-state index contributed by atoms with van der Waals surface area (Å²) in [5.74, 6) is -1.70. The summed E-state index contributed by atoms with van der Waals surface area (Å²) in [5.41, 5.74) is -2.21. The van der Waals surface area contributed by atoms with E-state index in [-0.39, 0.29) is 24.2 Å². The fraction of sp³-hybridized carbons (Fsp3) is 0.962. The number of fused-ring (bicyclic) bond motifs is 3. The second-order valence-corrected chi connectivity index (χ2v) is 12.8. The van der Waals surface area contributed by atoms with Crippen LogP contribution in [-0.4, -0.2) is 104 Å². The van der Waals surface area contributed by atoms with E-state index in [0.717, 1.165) is 19.3 Å². The second kappa shape index (κ2) is 8.93. The first-order valence-electron chi connectivity index (χ1n) is 13.3. The fourth-order valence-corrected chi connectivity index (χ4v) is 9.29. The van der Waals surface area contributed by atoms with Crippen LogP contribution in [0.25, 0.3) is 0 Å². The average Bonchev–Trinajstić information content (AvgIpc) is 2.96. The molecule has 0 aromatic carbocycles. The summed E-state index contributed by atoms with van der Waals surface area (Å²) in [6, 6.07) is 0. The van der Waals surface area contributed by atoms with Crippen LogP contribution in [-0.2, 0) is 14.3 Å². The van der Waals surface area contributed by atoms with Crippen LogP contribution in [0.1, 0.15) is 52.9 Å². The summed E-state index contributed by atoms with van der Waals surface area (Å²) in [6.45, 7) is 5.48. The molecule has 5 aliphatic rings. The quantitative estimate of drug-likeness (QED) is 0.245. The lowest BCUT2D eigenvalue weighted by molar-refractivity contribution is -0.312. The number of hydrogen-bond donors (Lipinski definition) is 7. The molecule has 206 valence electrons. The first-order chi connectivity index (χ1) is 16.8. The zero-order valence-corrected chi connectivity index (χ0v) is 21.2. The van der Waals surface area contributed by atoms with Crippen LogP contribution in [0.15, 0.2) is 0 Å². The van der Waals surface area contributed by atoms with Gasteiger partial charge in [0.1, 0.15) is 30.2 Å². The molecule has 15 atom stereocenters. The monoisotopic (exact) mass is 514 g/mol. The number of Topliss-reactive ketones (excluding diaryl/α,β-unsaturated/α-hetero) is 1. The maximum atomic E-state index is 13.6. The second-order valence-electron chi connectivity index (χ2n) is 12.8. The lowest BCUT2D eigenvalue weighted by Crippen LogP contribution is -2.69. The van der Waals surface area contributed by atoms with E-state index in [1.807, 2.05) is 6.92 Å². The number of rotatable bonds is 4. The molecule has 7 N–H and O–H groups in total. The van der Waals surface area contributed by atoms with Gasteiger partial charge in [-0.05, 0) is 48.3 Å². The molecule has 4 aliphatic carbocycles. The van der Waals surface area contributed by atoms with Crippen molar-refractivity contribution in [2.24, 2.45) is 39.9 Å². The van der Waals surface area contributed by atoms with Gasteiger partial charge in [-0.1, -0.05) is 27.2 Å². The highest BCUT2D eigenvalue weighted by Crippen LogP contribution is 2.71. The molecule has 1 spiro atoms. The first kappa shape index (κ1) is 26.9. The average molecular weight is 515 g/mol. The number of aliphatic hydroxyl groups excluding tert-OH is 7. The molecule has 5 fully saturated rings. The standard InChI is InChI=1S/C26H42O10/c1-11-17-12(28)7-15-25(3)6-4-5-24(2,14(25)8-16(29)26(15,21(11)33)22(17)34)10-35-23-20(32)19(31)18(30)13(9-27)36-23/h11-20,22-23,27-32,34H,4-10H2,1-3H3/t11-,12+,13-,14-,15+,16-,17-,18-,19+,20-,22-,23-,24-,25-,26+/m1/s1. The Balaban J connectivity index is 1.42. The molecule has 10 nitrogen and oxygen atoms in total. The summed E-state index contributed by atoms with van der Waals surface area (Å²) < 4.78 is 11.5. The number of hydrogen-bond acceptors (Lipinski definition) is 10. The van der Waals surface area contributed by atoms with Gasteiger partial charge in [0, 0.05) is 11.8 Å². The molecule has 1 heterocycles. The van der Waals surface area contributed by atoms with E-state index >= 15 is 0 Å². The Labute approximate surface area is 211 Å². The van der Waals surface area contributed by atoms with Gasteiger partial charge in [-0.25, -0.2) is 0 Å². The Bertz CT molecular complexity index is 868. The smallest absolute Gasteiger partial charge is 0.186 e. The summed E-state index contributed by atoms with van der Waals surface area (Å²) >= 11 is 0. The van der Waals surface area contributed by atoms with Crippen molar-refractivity contribution < 1.29 is 50.0 Å². The minimum atomic E-state index is -1.53. The predicted octanol–water partition coefficient (Wildman–Crippen LogP) is -1.06. The van der Waals surface area contributed by atoms with E-state index in [4.69, 9.17) is 9.47 Å². The van der Waals surface area contributed by atoms with Gasteiger partial charge in [0.15, 0.2) is 6.29 Å². The first-order valence-corrected chi connectivity index (χ1v) is 13.3. The van der Waals surface area contributed by atoms with Gasteiger partial charge in [-0.15, -0.1) is 0 Å². The highest BCUT2D eigenvalue weighted by Gasteiger charge is 2.76. The maximum absolute atomic E-state index is 13.6. The molecular formula is C26H42O10. The lowest BCUT2D eigenvalue weighted by atomic mass is 9.39. The minimum absolute atomic E-state index is 0.103. The molecule has 0 radical (unpaired) electrons. The zero-order valence-electron chi connectivity index (χ0n) is 21.2. The van der Waals surface area contributed by atoms with Crippen molar-refractivity contribution in [3.8, 4) is 0 Å². The number of carbonyl (C=O) groups excluding carboxylic acids is 1. The number of ketones is 1. The van der Waals surface area contributed by atoms with Crippen molar-refractivity contribution in [3.63, 3.8) is 0 Å². The Hall–Kier alpha value is -0.690. The van der Waals surface area contributed by atoms with Gasteiger partial charge in [0.2, 0.25) is 0 Å². The third-order valence-electron chi connectivity index (χ3n) is 11.1. The number of carbonyl (C=O) groups is 1. The van der Waals surface area contributed by atoms with Gasteiger partial charge in [0.25, 0.3) is 0 Å². The Morgan fingerprint density at radius 3 is 2.33 bits per heavy atom. The maximum Gasteiger partial charge on any atom is 0.186 e. The van der Waals surface area contributed by atoms with Gasteiger partial charge in [-0.2, -0.15) is 0 Å². The van der Waals surface area contributed by atoms with Crippen LogP contribution in [0, 0.1) is 39.9 Å². The molecular weight excluding hydrogens is 472 g/mol. The van der Waals surface area contributed by atoms with Crippen LogP contribution in [0.3, 0.4) is 0 Å². The highest BCUT2D eigenvalue weighted by molar-refractivity contribution is 5.92. The van der Waals surface area contributed by atoms with Gasteiger partial charge < -0.3 is 45.2 Å². The van der Waals surface area contributed by atoms with Gasteiger partial charge in [-0.3, -0.25) is 4.79 Å². The van der Waals surface area contributed by atoms with Gasteiger partial charge in [0.05, 0.1) is 36.9 Å². The largest absolute Gasteiger partial charge is 0.394 e. The number of ether oxygens (including phenoxy) is 2. The molecule has 0 aromatic heterocycles. The molecule has 4 saturated carbocycles. The molecule has 5 rings (SSSR count).